The van der Waals surface area contributed by atoms with Gasteiger partial charge >= 0.3 is 0 Å². The number of rotatable bonds is 7. The minimum Gasteiger partial charge on any atom is -0.310 e. The van der Waals surface area contributed by atoms with Crippen molar-refractivity contribution >= 4 is 59.3 Å². The van der Waals surface area contributed by atoms with E-state index in [1.807, 2.05) is 11.3 Å². The predicted molar refractivity (Wildman–Crippen MR) is 233 cm³/mol. The highest BCUT2D eigenvalue weighted by molar-refractivity contribution is 7.26. The van der Waals surface area contributed by atoms with Gasteiger partial charge < -0.3 is 4.90 Å². The Balaban J connectivity index is 1.12. The van der Waals surface area contributed by atoms with Crippen LogP contribution in [-0.4, -0.2) is 0 Å². The topological polar surface area (TPSA) is 3.24 Å². The maximum absolute atomic E-state index is 2.42. The molecule has 0 radical (unpaired) electrons. The van der Waals surface area contributed by atoms with Crippen LogP contribution in [0.1, 0.15) is 0 Å². The lowest BCUT2D eigenvalue weighted by molar-refractivity contribution is 1.28. The summed E-state index contributed by atoms with van der Waals surface area (Å²) in [7, 11) is 0. The fourth-order valence-electron chi connectivity index (χ4n) is 7.79. The van der Waals surface area contributed by atoms with Gasteiger partial charge in [-0.15, -0.1) is 11.3 Å². The zero-order chi connectivity index (χ0) is 35.8. The van der Waals surface area contributed by atoms with Gasteiger partial charge in [0.1, 0.15) is 0 Å². The first kappa shape index (κ1) is 32.0. The molecule has 0 fully saturated rings. The largest absolute Gasteiger partial charge is 0.310 e. The first-order valence-electron chi connectivity index (χ1n) is 18.4. The van der Waals surface area contributed by atoms with Crippen LogP contribution in [0.4, 0.5) is 17.1 Å². The van der Waals surface area contributed by atoms with Crippen LogP contribution in [0.3, 0.4) is 0 Å². The van der Waals surface area contributed by atoms with Gasteiger partial charge in [0.15, 0.2) is 0 Å². The van der Waals surface area contributed by atoms with Crippen molar-refractivity contribution in [3.63, 3.8) is 0 Å². The van der Waals surface area contributed by atoms with Gasteiger partial charge in [0.2, 0.25) is 0 Å². The highest BCUT2D eigenvalue weighted by Crippen LogP contribution is 2.46. The Bertz CT molecular complexity index is 2940. The van der Waals surface area contributed by atoms with Crippen LogP contribution in [0.5, 0.6) is 0 Å². The second-order valence-corrected chi connectivity index (χ2v) is 14.8. The first-order chi connectivity index (χ1) is 26.8. The quantitative estimate of drug-likeness (QED) is 0.160. The van der Waals surface area contributed by atoms with Crippen molar-refractivity contribution < 1.29 is 0 Å². The molecule has 0 atom stereocenters. The lowest BCUT2D eigenvalue weighted by Crippen LogP contribution is -2.11. The third-order valence-electron chi connectivity index (χ3n) is 10.5. The molecule has 0 saturated heterocycles. The summed E-state index contributed by atoms with van der Waals surface area (Å²) >= 11 is 1.88. The van der Waals surface area contributed by atoms with Crippen molar-refractivity contribution in [3.8, 4) is 44.5 Å². The molecule has 9 aromatic carbocycles. The van der Waals surface area contributed by atoms with E-state index in [4.69, 9.17) is 0 Å². The Labute approximate surface area is 319 Å². The van der Waals surface area contributed by atoms with E-state index in [0.717, 1.165) is 17.1 Å². The van der Waals surface area contributed by atoms with E-state index >= 15 is 0 Å². The third-order valence-corrected chi connectivity index (χ3v) is 11.7. The van der Waals surface area contributed by atoms with E-state index in [1.165, 1.54) is 75.5 Å². The van der Waals surface area contributed by atoms with E-state index in [1.54, 1.807) is 0 Å². The van der Waals surface area contributed by atoms with Gasteiger partial charge in [0, 0.05) is 42.7 Å². The van der Waals surface area contributed by atoms with Gasteiger partial charge in [-0.1, -0.05) is 164 Å². The molecule has 0 spiro atoms. The van der Waals surface area contributed by atoms with Gasteiger partial charge in [-0.2, -0.15) is 0 Å². The van der Waals surface area contributed by atoms with Gasteiger partial charge in [0.25, 0.3) is 0 Å². The first-order valence-corrected chi connectivity index (χ1v) is 19.2. The average molecular weight is 706 g/mol. The monoisotopic (exact) mass is 705 g/mol. The van der Waals surface area contributed by atoms with E-state index in [0.29, 0.717) is 0 Å². The van der Waals surface area contributed by atoms with E-state index in [9.17, 15) is 0 Å². The molecular weight excluding hydrogens is 671 g/mol. The fraction of sp³-hybridized carbons (Fsp3) is 0. The van der Waals surface area contributed by atoms with Crippen LogP contribution in [0.2, 0.25) is 0 Å². The van der Waals surface area contributed by atoms with Crippen molar-refractivity contribution in [2.24, 2.45) is 0 Å². The molecule has 0 bridgehead atoms. The maximum Gasteiger partial charge on any atom is 0.0540 e. The van der Waals surface area contributed by atoms with Crippen molar-refractivity contribution in [3.05, 3.63) is 212 Å². The molecule has 2 heteroatoms. The number of para-hydroxylation sites is 1. The molecule has 10 aromatic rings. The summed E-state index contributed by atoms with van der Waals surface area (Å²) < 4.78 is 2.62. The summed E-state index contributed by atoms with van der Waals surface area (Å²) in [6.45, 7) is 0. The summed E-state index contributed by atoms with van der Waals surface area (Å²) in [6.07, 6.45) is 0. The fourth-order valence-corrected chi connectivity index (χ4v) is 9.02. The van der Waals surface area contributed by atoms with Crippen LogP contribution < -0.4 is 4.90 Å². The number of nitrogens with zero attached hydrogens (tertiary/aromatic N) is 1. The highest BCUT2D eigenvalue weighted by atomic mass is 32.1. The molecule has 0 N–H and O–H groups in total. The number of anilines is 3. The number of hydrogen-bond donors (Lipinski definition) is 0. The van der Waals surface area contributed by atoms with E-state index in [-0.39, 0.29) is 0 Å². The van der Waals surface area contributed by atoms with Gasteiger partial charge in [-0.3, -0.25) is 0 Å². The van der Waals surface area contributed by atoms with Gasteiger partial charge in [0.05, 0.1) is 5.69 Å². The average Bonchev–Trinajstić information content (AvgIpc) is 3.64. The molecule has 0 amide bonds. The summed E-state index contributed by atoms with van der Waals surface area (Å²) in [5, 5.41) is 5.12. The number of benzene rings is 9. The molecule has 0 aliphatic carbocycles. The molecule has 0 aliphatic rings. The second kappa shape index (κ2) is 13.7. The number of thiophene rings is 1. The molecule has 0 saturated carbocycles. The van der Waals surface area contributed by atoms with Crippen molar-refractivity contribution in [2.75, 3.05) is 4.90 Å². The smallest absolute Gasteiger partial charge is 0.0540 e. The minimum absolute atomic E-state index is 1.10. The normalized spacial score (nSPS) is 11.3. The zero-order valence-electron chi connectivity index (χ0n) is 29.6. The SMILES string of the molecule is c1ccc(-c2ccc(N(c3cccc(-c4cccc(-c5ccc6ccccc6c5)c4)c3)c3ccccc3-c3cccc4c3sc3ccccc34)cc2)cc1. The summed E-state index contributed by atoms with van der Waals surface area (Å²) in [5.41, 5.74) is 13.0. The molecule has 254 valence electrons. The molecule has 0 unspecified atom stereocenters. The van der Waals surface area contributed by atoms with E-state index < -0.39 is 0 Å². The van der Waals surface area contributed by atoms with Crippen molar-refractivity contribution in [1.29, 1.82) is 0 Å². The standard InChI is InChI=1S/C52H35NS/c1-2-13-36(14-3-1)38-29-31-44(32-30-38)53(50-25-8-6-21-46(50)48-23-12-24-49-47-22-7-9-26-51(47)54-52(48)49)45-20-11-19-42(35-45)40-17-10-18-41(34-40)43-28-27-37-15-4-5-16-39(37)33-43/h1-35H. The highest BCUT2D eigenvalue weighted by Gasteiger charge is 2.20. The van der Waals surface area contributed by atoms with E-state index in [2.05, 4.69) is 217 Å². The maximum atomic E-state index is 2.42. The lowest BCUT2D eigenvalue weighted by Gasteiger charge is -2.28. The summed E-state index contributed by atoms with van der Waals surface area (Å²) in [4.78, 5) is 2.42. The number of hydrogen-bond acceptors (Lipinski definition) is 2. The molecule has 10 rings (SSSR count). The van der Waals surface area contributed by atoms with Gasteiger partial charge in [-0.25, -0.2) is 0 Å². The zero-order valence-corrected chi connectivity index (χ0v) is 30.4. The van der Waals surface area contributed by atoms with Crippen LogP contribution in [0.15, 0.2) is 212 Å². The lowest BCUT2D eigenvalue weighted by atomic mass is 9.96. The Kier molecular flexibility index (Phi) is 8.09. The Morgan fingerprint density at radius 1 is 0.315 bits per heavy atom. The van der Waals surface area contributed by atoms with Crippen LogP contribution in [0, 0.1) is 0 Å². The Hall–Kier alpha value is -6.74. The molecule has 0 aliphatic heterocycles. The molecule has 1 heterocycles. The van der Waals surface area contributed by atoms with Crippen LogP contribution in [-0.2, 0) is 0 Å². The van der Waals surface area contributed by atoms with Crippen LogP contribution >= 0.6 is 11.3 Å². The molecule has 1 aromatic heterocycles. The summed E-state index contributed by atoms with van der Waals surface area (Å²) in [6, 6.07) is 77.2. The van der Waals surface area contributed by atoms with Crippen LogP contribution in [0.25, 0.3) is 75.5 Å². The van der Waals surface area contributed by atoms with Gasteiger partial charge in [-0.05, 0) is 92.7 Å². The molecular formula is C52H35NS. The Morgan fingerprint density at radius 3 is 1.74 bits per heavy atom. The predicted octanol–water partition coefficient (Wildman–Crippen LogP) is 15.3. The molecule has 1 nitrogen and oxygen atoms in total. The number of fused-ring (bicyclic) bond motifs is 4. The third kappa shape index (κ3) is 5.84. The molecule has 54 heavy (non-hydrogen) atoms. The van der Waals surface area contributed by atoms with Crippen molar-refractivity contribution in [1.82, 2.24) is 0 Å². The second-order valence-electron chi connectivity index (χ2n) is 13.7. The Morgan fingerprint density at radius 2 is 0.889 bits per heavy atom. The summed E-state index contributed by atoms with van der Waals surface area (Å²) in [5.74, 6) is 0. The van der Waals surface area contributed by atoms with Crippen molar-refractivity contribution in [2.45, 2.75) is 0 Å². The minimum atomic E-state index is 1.10.